The molecule has 1 unspecified atom stereocenters. The van der Waals surface area contributed by atoms with Crippen LogP contribution >= 0.6 is 0 Å². The maximum atomic E-state index is 12.5. The minimum Gasteiger partial charge on any atom is -0.317 e. The second-order valence-corrected chi connectivity index (χ2v) is 5.29. The standard InChI is InChI=1S/C16H11N3O/c17-10-12-5-3-4-11-8-16(9-13(11)12)15(20)18-14-6-1-2-7-19(14)16/h1-7H,8-9H2. The fraction of sp³-hybridized carbons (Fsp3) is 0.188. The number of carbonyl (C=O) groups excluding carboxylic acids is 1. The maximum Gasteiger partial charge on any atom is 0.274 e. The van der Waals surface area contributed by atoms with Gasteiger partial charge in [0.1, 0.15) is 11.4 Å². The highest BCUT2D eigenvalue weighted by molar-refractivity contribution is 6.12. The van der Waals surface area contributed by atoms with Crippen molar-refractivity contribution in [1.29, 1.82) is 5.26 Å². The minimum atomic E-state index is -0.661. The predicted octanol–water partition coefficient (Wildman–Crippen LogP) is 1.72. The molecule has 96 valence electrons. The third-order valence-corrected chi connectivity index (χ3v) is 4.26. The van der Waals surface area contributed by atoms with E-state index in [2.05, 4.69) is 11.1 Å². The molecule has 1 aromatic rings. The Morgan fingerprint density at radius 2 is 2.20 bits per heavy atom. The van der Waals surface area contributed by atoms with Crippen LogP contribution in [0.15, 0.2) is 47.6 Å². The van der Waals surface area contributed by atoms with Gasteiger partial charge in [0.05, 0.1) is 11.6 Å². The van der Waals surface area contributed by atoms with E-state index in [1.165, 1.54) is 0 Å². The molecule has 3 aliphatic rings. The van der Waals surface area contributed by atoms with Gasteiger partial charge in [-0.1, -0.05) is 18.2 Å². The summed E-state index contributed by atoms with van der Waals surface area (Å²) >= 11 is 0. The molecule has 0 radical (unpaired) electrons. The van der Waals surface area contributed by atoms with Crippen LogP contribution in [0.5, 0.6) is 0 Å². The fourth-order valence-electron chi connectivity index (χ4n) is 3.30. The predicted molar refractivity (Wildman–Crippen MR) is 73.9 cm³/mol. The quantitative estimate of drug-likeness (QED) is 0.714. The SMILES string of the molecule is N#Cc1cccc2c1CC1(C2)C(=O)N=C2C=CC=CN21. The molecule has 1 spiro atoms. The van der Waals surface area contributed by atoms with Crippen LogP contribution in [-0.2, 0) is 17.6 Å². The van der Waals surface area contributed by atoms with Crippen LogP contribution < -0.4 is 0 Å². The van der Waals surface area contributed by atoms with Gasteiger partial charge in [-0.3, -0.25) is 4.79 Å². The van der Waals surface area contributed by atoms with E-state index < -0.39 is 5.54 Å². The first-order valence-corrected chi connectivity index (χ1v) is 6.53. The lowest BCUT2D eigenvalue weighted by atomic mass is 9.93. The number of amides is 1. The summed E-state index contributed by atoms with van der Waals surface area (Å²) < 4.78 is 0. The second kappa shape index (κ2) is 3.67. The van der Waals surface area contributed by atoms with Crippen LogP contribution in [0, 0.1) is 11.3 Å². The van der Waals surface area contributed by atoms with E-state index in [-0.39, 0.29) is 5.91 Å². The van der Waals surface area contributed by atoms with Crippen LogP contribution in [0.3, 0.4) is 0 Å². The number of hydrogen-bond acceptors (Lipinski definition) is 3. The zero-order chi connectivity index (χ0) is 13.7. The van der Waals surface area contributed by atoms with Crippen LogP contribution in [-0.4, -0.2) is 22.2 Å². The lowest BCUT2D eigenvalue weighted by Gasteiger charge is -2.32. The van der Waals surface area contributed by atoms with E-state index in [0.717, 1.165) is 11.1 Å². The highest BCUT2D eigenvalue weighted by Crippen LogP contribution is 2.41. The van der Waals surface area contributed by atoms with Gasteiger partial charge in [0, 0.05) is 19.0 Å². The van der Waals surface area contributed by atoms with Gasteiger partial charge >= 0.3 is 0 Å². The number of fused-ring (bicyclic) bond motifs is 3. The molecule has 0 aromatic heterocycles. The number of allylic oxidation sites excluding steroid dienone is 2. The first-order valence-electron chi connectivity index (χ1n) is 6.53. The fourth-order valence-corrected chi connectivity index (χ4v) is 3.30. The van der Waals surface area contributed by atoms with Crippen molar-refractivity contribution in [2.24, 2.45) is 4.99 Å². The summed E-state index contributed by atoms with van der Waals surface area (Å²) in [6, 6.07) is 7.91. The first kappa shape index (κ1) is 11.2. The molecule has 0 saturated heterocycles. The molecule has 0 bridgehead atoms. The average Bonchev–Trinajstić information content (AvgIpc) is 2.99. The summed E-state index contributed by atoms with van der Waals surface area (Å²) in [4.78, 5) is 18.6. The number of rotatable bonds is 0. The molecule has 2 aliphatic heterocycles. The zero-order valence-corrected chi connectivity index (χ0v) is 10.7. The molecule has 4 nitrogen and oxygen atoms in total. The van der Waals surface area contributed by atoms with E-state index in [4.69, 9.17) is 0 Å². The van der Waals surface area contributed by atoms with Gasteiger partial charge in [0.25, 0.3) is 5.91 Å². The molecule has 4 rings (SSSR count). The van der Waals surface area contributed by atoms with Gasteiger partial charge in [0.15, 0.2) is 0 Å². The van der Waals surface area contributed by atoms with Gasteiger partial charge in [0.2, 0.25) is 0 Å². The van der Waals surface area contributed by atoms with Gasteiger partial charge in [-0.05, 0) is 29.3 Å². The lowest BCUT2D eigenvalue weighted by Crippen LogP contribution is -2.49. The topological polar surface area (TPSA) is 56.5 Å². The molecule has 1 amide bonds. The molecule has 2 heterocycles. The Hall–Kier alpha value is -2.67. The van der Waals surface area contributed by atoms with Crippen molar-refractivity contribution in [1.82, 2.24) is 4.90 Å². The van der Waals surface area contributed by atoms with E-state index in [1.54, 1.807) is 0 Å². The van der Waals surface area contributed by atoms with E-state index in [1.807, 2.05) is 47.5 Å². The van der Waals surface area contributed by atoms with Crippen molar-refractivity contribution < 1.29 is 4.79 Å². The van der Waals surface area contributed by atoms with Crippen molar-refractivity contribution in [2.75, 3.05) is 0 Å². The summed E-state index contributed by atoms with van der Waals surface area (Å²) in [6.45, 7) is 0. The average molecular weight is 261 g/mol. The Morgan fingerprint density at radius 3 is 3.05 bits per heavy atom. The Balaban J connectivity index is 1.83. The molecule has 4 heteroatoms. The Kier molecular flexibility index (Phi) is 2.05. The van der Waals surface area contributed by atoms with E-state index in [9.17, 15) is 10.1 Å². The summed E-state index contributed by atoms with van der Waals surface area (Å²) in [7, 11) is 0. The second-order valence-electron chi connectivity index (χ2n) is 5.29. The first-order chi connectivity index (χ1) is 9.74. The molecule has 1 aliphatic carbocycles. The molecule has 20 heavy (non-hydrogen) atoms. The van der Waals surface area contributed by atoms with Crippen LogP contribution in [0.2, 0.25) is 0 Å². The van der Waals surface area contributed by atoms with Crippen LogP contribution in [0.4, 0.5) is 0 Å². The molecule has 0 N–H and O–H groups in total. The third kappa shape index (κ3) is 1.24. The van der Waals surface area contributed by atoms with Gasteiger partial charge in [-0.15, -0.1) is 0 Å². The summed E-state index contributed by atoms with van der Waals surface area (Å²) in [6.07, 6.45) is 8.71. The Bertz CT molecular complexity index is 766. The Labute approximate surface area is 116 Å². The summed E-state index contributed by atoms with van der Waals surface area (Å²) in [5, 5.41) is 9.23. The van der Waals surface area contributed by atoms with Crippen molar-refractivity contribution in [3.63, 3.8) is 0 Å². The van der Waals surface area contributed by atoms with Crippen LogP contribution in [0.25, 0.3) is 0 Å². The highest BCUT2D eigenvalue weighted by atomic mass is 16.2. The molecule has 0 saturated carbocycles. The number of hydrogen-bond donors (Lipinski definition) is 0. The third-order valence-electron chi connectivity index (χ3n) is 4.26. The van der Waals surface area contributed by atoms with Gasteiger partial charge < -0.3 is 4.90 Å². The van der Waals surface area contributed by atoms with Crippen LogP contribution in [0.1, 0.15) is 16.7 Å². The number of nitrogens with zero attached hydrogens (tertiary/aromatic N) is 3. The molecule has 1 aromatic carbocycles. The Morgan fingerprint density at radius 1 is 1.30 bits per heavy atom. The van der Waals surface area contributed by atoms with Crippen molar-refractivity contribution >= 4 is 11.7 Å². The van der Waals surface area contributed by atoms with Gasteiger partial charge in [-0.2, -0.15) is 10.3 Å². The van der Waals surface area contributed by atoms with Crippen molar-refractivity contribution in [2.45, 2.75) is 18.4 Å². The molecular weight excluding hydrogens is 250 g/mol. The molecule has 1 atom stereocenters. The number of amidine groups is 1. The largest absolute Gasteiger partial charge is 0.317 e. The van der Waals surface area contributed by atoms with Gasteiger partial charge in [-0.25, -0.2) is 0 Å². The highest BCUT2D eigenvalue weighted by Gasteiger charge is 2.53. The minimum absolute atomic E-state index is 0.108. The summed E-state index contributed by atoms with van der Waals surface area (Å²) in [5.74, 6) is 0.590. The number of benzene rings is 1. The van der Waals surface area contributed by atoms with E-state index >= 15 is 0 Å². The monoisotopic (exact) mass is 261 g/mol. The molecular formula is C16H11N3O. The lowest BCUT2D eigenvalue weighted by molar-refractivity contribution is -0.124. The summed E-state index contributed by atoms with van der Waals surface area (Å²) in [5.41, 5.74) is 2.07. The number of nitriles is 1. The molecule has 0 fully saturated rings. The van der Waals surface area contributed by atoms with E-state index in [0.29, 0.717) is 24.2 Å². The smallest absolute Gasteiger partial charge is 0.274 e. The zero-order valence-electron chi connectivity index (χ0n) is 10.7. The van der Waals surface area contributed by atoms with Crippen molar-refractivity contribution in [3.8, 4) is 6.07 Å². The van der Waals surface area contributed by atoms with Crippen molar-refractivity contribution in [3.05, 3.63) is 59.3 Å². The number of carbonyl (C=O) groups is 1. The normalized spacial score (nSPS) is 25.6. The maximum absolute atomic E-state index is 12.5. The number of aliphatic imine (C=N–C) groups is 1.